The highest BCUT2D eigenvalue weighted by Crippen LogP contribution is 2.14. The Bertz CT molecular complexity index is 750. The molecule has 0 spiro atoms. The van der Waals surface area contributed by atoms with E-state index in [-0.39, 0.29) is 12.5 Å². The van der Waals surface area contributed by atoms with Gasteiger partial charge in [0.2, 0.25) is 0 Å². The molecular weight excluding hydrogens is 340 g/mol. The Hall–Kier alpha value is -2.86. The highest BCUT2D eigenvalue weighted by atomic mass is 16.5. The van der Waals surface area contributed by atoms with Crippen LogP contribution in [0.4, 0.5) is 5.69 Å². The molecule has 142 valence electrons. The second-order valence-corrected chi connectivity index (χ2v) is 6.56. The van der Waals surface area contributed by atoms with Crippen LogP contribution in [0.15, 0.2) is 59.7 Å². The van der Waals surface area contributed by atoms with Crippen molar-refractivity contribution in [3.05, 3.63) is 60.2 Å². The number of ether oxygens (including phenoxy) is 1. The summed E-state index contributed by atoms with van der Waals surface area (Å²) >= 11 is 0. The lowest BCUT2D eigenvalue weighted by molar-refractivity contribution is -0.119. The number of likely N-dealkylation sites (tertiary alicyclic amines) is 1. The van der Waals surface area contributed by atoms with Crippen LogP contribution in [-0.4, -0.2) is 43.3 Å². The summed E-state index contributed by atoms with van der Waals surface area (Å²) in [6.45, 7) is 3.08. The van der Waals surface area contributed by atoms with Gasteiger partial charge in [0.25, 0.3) is 5.91 Å². The Morgan fingerprint density at radius 2 is 1.78 bits per heavy atom. The third kappa shape index (κ3) is 6.11. The minimum atomic E-state index is -0.148. The van der Waals surface area contributed by atoms with E-state index in [1.165, 1.54) is 5.56 Å². The molecule has 2 aromatic carbocycles. The third-order valence-electron chi connectivity index (χ3n) is 4.56. The molecule has 3 rings (SSSR count). The van der Waals surface area contributed by atoms with Gasteiger partial charge in [-0.25, -0.2) is 5.43 Å². The van der Waals surface area contributed by atoms with Crippen molar-refractivity contribution in [1.82, 2.24) is 10.3 Å². The molecule has 0 aliphatic carbocycles. The Morgan fingerprint density at radius 3 is 2.44 bits per heavy atom. The predicted molar refractivity (Wildman–Crippen MR) is 108 cm³/mol. The van der Waals surface area contributed by atoms with Crippen molar-refractivity contribution < 1.29 is 9.53 Å². The van der Waals surface area contributed by atoms with E-state index in [9.17, 15) is 4.79 Å². The molecule has 1 heterocycles. The summed E-state index contributed by atoms with van der Waals surface area (Å²) < 4.78 is 5.11. The molecule has 1 aliphatic rings. The highest BCUT2D eigenvalue weighted by molar-refractivity contribution is 5.88. The zero-order valence-corrected chi connectivity index (χ0v) is 15.6. The van der Waals surface area contributed by atoms with Gasteiger partial charge >= 0.3 is 0 Å². The normalized spacial score (nSPS) is 14.5. The lowest BCUT2D eigenvalue weighted by Gasteiger charge is -2.27. The van der Waals surface area contributed by atoms with Gasteiger partial charge in [-0.1, -0.05) is 30.3 Å². The summed E-state index contributed by atoms with van der Waals surface area (Å²) in [5.41, 5.74) is 5.90. The van der Waals surface area contributed by atoms with Crippen LogP contribution >= 0.6 is 0 Å². The van der Waals surface area contributed by atoms with Gasteiger partial charge < -0.3 is 10.1 Å². The number of amides is 1. The minimum absolute atomic E-state index is 0.148. The molecule has 6 heteroatoms. The molecule has 0 bridgehead atoms. The fourth-order valence-corrected chi connectivity index (χ4v) is 2.99. The standard InChI is InChI=1S/C21H26N4O2/c1-27-20-9-7-18(8-10-20)22-15-21(26)24-23-19-11-13-25(14-12-19)16-17-5-3-2-4-6-17/h2-10,22H,11-16H2,1H3,(H,24,26). The van der Waals surface area contributed by atoms with Crippen molar-refractivity contribution in [1.29, 1.82) is 0 Å². The molecule has 0 unspecified atom stereocenters. The summed E-state index contributed by atoms with van der Waals surface area (Å²) in [5, 5.41) is 7.37. The van der Waals surface area contributed by atoms with Crippen LogP contribution in [0.25, 0.3) is 0 Å². The number of carbonyl (C=O) groups excluding carboxylic acids is 1. The van der Waals surface area contributed by atoms with Gasteiger partial charge in [0.05, 0.1) is 13.7 Å². The molecular formula is C21H26N4O2. The maximum absolute atomic E-state index is 12.0. The van der Waals surface area contributed by atoms with Crippen LogP contribution in [-0.2, 0) is 11.3 Å². The Kier molecular flexibility index (Phi) is 6.82. The topological polar surface area (TPSA) is 66.0 Å². The Balaban J connectivity index is 1.37. The zero-order chi connectivity index (χ0) is 18.9. The first-order valence-corrected chi connectivity index (χ1v) is 9.21. The maximum Gasteiger partial charge on any atom is 0.259 e. The lowest BCUT2D eigenvalue weighted by Crippen LogP contribution is -2.35. The van der Waals surface area contributed by atoms with E-state index in [0.29, 0.717) is 0 Å². The van der Waals surface area contributed by atoms with Gasteiger partial charge in [0.15, 0.2) is 0 Å². The van der Waals surface area contributed by atoms with E-state index in [4.69, 9.17) is 4.74 Å². The molecule has 6 nitrogen and oxygen atoms in total. The first-order chi connectivity index (χ1) is 13.2. The molecule has 1 saturated heterocycles. The van der Waals surface area contributed by atoms with Crippen LogP contribution in [0.1, 0.15) is 18.4 Å². The van der Waals surface area contributed by atoms with E-state index in [1.54, 1.807) is 7.11 Å². The summed E-state index contributed by atoms with van der Waals surface area (Å²) in [4.78, 5) is 14.4. The van der Waals surface area contributed by atoms with E-state index in [1.807, 2.05) is 30.3 Å². The number of methoxy groups -OCH3 is 1. The van der Waals surface area contributed by atoms with Crippen molar-refractivity contribution >= 4 is 17.3 Å². The number of benzene rings is 2. The van der Waals surface area contributed by atoms with Crippen LogP contribution in [0.2, 0.25) is 0 Å². The number of nitrogens with one attached hydrogen (secondary N) is 2. The lowest BCUT2D eigenvalue weighted by atomic mass is 10.1. The second-order valence-electron chi connectivity index (χ2n) is 6.56. The number of carbonyl (C=O) groups is 1. The molecule has 0 saturated carbocycles. The van der Waals surface area contributed by atoms with Crippen LogP contribution in [0.5, 0.6) is 5.75 Å². The van der Waals surface area contributed by atoms with Crippen molar-refractivity contribution in [2.24, 2.45) is 5.10 Å². The Morgan fingerprint density at radius 1 is 1.07 bits per heavy atom. The minimum Gasteiger partial charge on any atom is -0.497 e. The summed E-state index contributed by atoms with van der Waals surface area (Å²) in [5.74, 6) is 0.639. The average molecular weight is 366 g/mol. The summed E-state index contributed by atoms with van der Waals surface area (Å²) in [6, 6.07) is 17.9. The fraction of sp³-hybridized carbons (Fsp3) is 0.333. The summed E-state index contributed by atoms with van der Waals surface area (Å²) in [6.07, 6.45) is 1.78. The highest BCUT2D eigenvalue weighted by Gasteiger charge is 2.15. The zero-order valence-electron chi connectivity index (χ0n) is 15.6. The molecule has 1 aliphatic heterocycles. The summed E-state index contributed by atoms with van der Waals surface area (Å²) in [7, 11) is 1.63. The molecule has 0 aromatic heterocycles. The van der Waals surface area contributed by atoms with Gasteiger partial charge in [0, 0.05) is 43.9 Å². The van der Waals surface area contributed by atoms with E-state index >= 15 is 0 Å². The number of hydrogen-bond acceptors (Lipinski definition) is 5. The molecule has 27 heavy (non-hydrogen) atoms. The van der Waals surface area contributed by atoms with Crippen molar-refractivity contribution in [2.45, 2.75) is 19.4 Å². The quantitative estimate of drug-likeness (QED) is 0.740. The molecule has 1 amide bonds. The largest absolute Gasteiger partial charge is 0.497 e. The van der Waals surface area contributed by atoms with Gasteiger partial charge in [-0.2, -0.15) is 5.10 Å². The number of nitrogens with zero attached hydrogens (tertiary/aromatic N) is 2. The van der Waals surface area contributed by atoms with Crippen LogP contribution in [0, 0.1) is 0 Å². The van der Waals surface area contributed by atoms with E-state index in [0.717, 1.165) is 49.6 Å². The molecule has 0 radical (unpaired) electrons. The number of hydrazone groups is 1. The number of hydrogen-bond donors (Lipinski definition) is 2. The second kappa shape index (κ2) is 9.73. The third-order valence-corrected chi connectivity index (χ3v) is 4.56. The monoisotopic (exact) mass is 366 g/mol. The van der Waals surface area contributed by atoms with Gasteiger partial charge in [-0.3, -0.25) is 9.69 Å². The SMILES string of the molecule is COc1ccc(NCC(=O)NN=C2CCN(Cc3ccccc3)CC2)cc1. The van der Waals surface area contributed by atoms with Crippen molar-refractivity contribution in [3.8, 4) is 5.75 Å². The van der Waals surface area contributed by atoms with Gasteiger partial charge in [0.1, 0.15) is 5.75 Å². The molecule has 2 N–H and O–H groups in total. The van der Waals surface area contributed by atoms with Gasteiger partial charge in [-0.15, -0.1) is 0 Å². The van der Waals surface area contributed by atoms with E-state index < -0.39 is 0 Å². The Labute approximate surface area is 160 Å². The fourth-order valence-electron chi connectivity index (χ4n) is 2.99. The van der Waals surface area contributed by atoms with Crippen LogP contribution in [0.3, 0.4) is 0 Å². The van der Waals surface area contributed by atoms with Crippen molar-refractivity contribution in [2.75, 3.05) is 32.1 Å². The number of rotatable bonds is 7. The number of piperidine rings is 1. The molecule has 1 fully saturated rings. The number of anilines is 1. The predicted octanol–water partition coefficient (Wildman–Crippen LogP) is 2.88. The smallest absolute Gasteiger partial charge is 0.259 e. The van der Waals surface area contributed by atoms with Gasteiger partial charge in [-0.05, 0) is 29.8 Å². The molecule has 0 atom stereocenters. The maximum atomic E-state index is 12.0. The van der Waals surface area contributed by atoms with E-state index in [2.05, 4.69) is 45.0 Å². The van der Waals surface area contributed by atoms with Crippen molar-refractivity contribution in [3.63, 3.8) is 0 Å². The van der Waals surface area contributed by atoms with Crippen LogP contribution < -0.4 is 15.5 Å². The molecule has 2 aromatic rings. The average Bonchev–Trinajstić information content (AvgIpc) is 2.73. The first-order valence-electron chi connectivity index (χ1n) is 9.21. The first kappa shape index (κ1) is 18.9.